The minimum Gasteiger partial charge on any atom is -0.469 e. The van der Waals surface area contributed by atoms with Gasteiger partial charge in [-0.25, -0.2) is 4.98 Å². The molecular formula is C33H35Cl2F3N4O5. The summed E-state index contributed by atoms with van der Waals surface area (Å²) in [6, 6.07) is 9.22. The third-order valence-electron chi connectivity index (χ3n) is 9.14. The largest absolute Gasteiger partial charge is 0.573 e. The van der Waals surface area contributed by atoms with Crippen molar-refractivity contribution in [1.82, 2.24) is 14.5 Å². The fourth-order valence-electron chi connectivity index (χ4n) is 6.39. The number of halogens is 5. The Hall–Kier alpha value is -3.77. The van der Waals surface area contributed by atoms with Crippen molar-refractivity contribution in [1.29, 1.82) is 0 Å². The highest BCUT2D eigenvalue weighted by Crippen LogP contribution is 2.37. The van der Waals surface area contributed by atoms with E-state index in [0.717, 1.165) is 0 Å². The normalized spacial score (nSPS) is 20.3. The van der Waals surface area contributed by atoms with E-state index in [4.69, 9.17) is 32.9 Å². The maximum atomic E-state index is 14.4. The minimum absolute atomic E-state index is 0.0828. The third-order valence-corrected chi connectivity index (χ3v) is 9.88. The molecule has 14 heteroatoms. The second-order valence-electron chi connectivity index (χ2n) is 12.1. The van der Waals surface area contributed by atoms with E-state index in [1.807, 2.05) is 13.8 Å². The van der Waals surface area contributed by atoms with Gasteiger partial charge in [0.1, 0.15) is 5.75 Å². The number of methoxy groups -OCH3 is 1. The predicted molar refractivity (Wildman–Crippen MR) is 171 cm³/mol. The molecule has 0 spiro atoms. The lowest BCUT2D eigenvalue weighted by Crippen LogP contribution is -2.47. The quantitative estimate of drug-likeness (QED) is 0.243. The molecule has 1 aliphatic heterocycles. The lowest BCUT2D eigenvalue weighted by molar-refractivity contribution is -0.274. The molecule has 9 nitrogen and oxygen atoms in total. The first-order valence-electron chi connectivity index (χ1n) is 15.2. The number of anilines is 1. The van der Waals surface area contributed by atoms with E-state index in [0.29, 0.717) is 59.0 Å². The molecule has 1 aliphatic carbocycles. The van der Waals surface area contributed by atoms with Crippen LogP contribution in [0, 0.1) is 5.92 Å². The maximum Gasteiger partial charge on any atom is 0.573 e. The third kappa shape index (κ3) is 7.38. The van der Waals surface area contributed by atoms with Gasteiger partial charge in [0.2, 0.25) is 5.95 Å². The molecule has 0 bridgehead atoms. The summed E-state index contributed by atoms with van der Waals surface area (Å²) in [7, 11) is 3.12. The van der Waals surface area contributed by atoms with Crippen molar-refractivity contribution >= 4 is 41.0 Å². The maximum absolute atomic E-state index is 14.4. The van der Waals surface area contributed by atoms with E-state index < -0.39 is 12.4 Å². The number of hydrogen-bond donors (Lipinski definition) is 0. The van der Waals surface area contributed by atoms with Crippen LogP contribution < -0.4 is 15.2 Å². The van der Waals surface area contributed by atoms with Crippen molar-refractivity contribution in [2.24, 2.45) is 5.92 Å². The molecule has 0 unspecified atom stereocenters. The molecule has 5 rings (SSSR count). The fourth-order valence-corrected chi connectivity index (χ4v) is 6.68. The zero-order valence-electron chi connectivity index (χ0n) is 26.3. The summed E-state index contributed by atoms with van der Waals surface area (Å²) in [6.07, 6.45) is -2.34. The molecule has 2 atom stereocenters. The van der Waals surface area contributed by atoms with Gasteiger partial charge in [0, 0.05) is 30.3 Å². The molecule has 2 aromatic carbocycles. The highest BCUT2D eigenvalue weighted by atomic mass is 35.5. The highest BCUT2D eigenvalue weighted by molar-refractivity contribution is 6.42. The number of aromatic nitrogens is 2. The van der Waals surface area contributed by atoms with Gasteiger partial charge in [0.15, 0.2) is 0 Å². The lowest BCUT2D eigenvalue weighted by atomic mass is 9.85. The second-order valence-corrected chi connectivity index (χ2v) is 12.9. The van der Waals surface area contributed by atoms with Crippen molar-refractivity contribution < 1.29 is 32.2 Å². The molecule has 1 aromatic heterocycles. The minimum atomic E-state index is -4.81. The SMILES string of the molecule is COC(=O)[C@H]1CC[C@H](n2c(N(C)[C@@H](C)c3ccc(OC(F)(F)F)cc3)nc3c(c2=O)C[C@@H](C)N(C(=O)c2ccc(Cl)c(Cl)c2)C3)CC1. The summed E-state index contributed by atoms with van der Waals surface area (Å²) in [4.78, 5) is 48.6. The van der Waals surface area contributed by atoms with E-state index in [1.54, 1.807) is 33.5 Å². The number of esters is 1. The van der Waals surface area contributed by atoms with Gasteiger partial charge in [-0.05, 0) is 81.8 Å². The Morgan fingerprint density at radius 1 is 1.04 bits per heavy atom. The van der Waals surface area contributed by atoms with Crippen LogP contribution in [-0.2, 0) is 22.5 Å². The second kappa shape index (κ2) is 13.8. The van der Waals surface area contributed by atoms with Gasteiger partial charge < -0.3 is 19.3 Å². The number of amides is 1. The van der Waals surface area contributed by atoms with Crippen molar-refractivity contribution in [2.75, 3.05) is 19.1 Å². The molecule has 1 amide bonds. The lowest BCUT2D eigenvalue weighted by Gasteiger charge is -2.38. The number of ether oxygens (including phenoxy) is 2. The first-order chi connectivity index (χ1) is 22.2. The van der Waals surface area contributed by atoms with Crippen LogP contribution in [0.15, 0.2) is 47.3 Å². The van der Waals surface area contributed by atoms with Gasteiger partial charge >= 0.3 is 12.3 Å². The first-order valence-corrected chi connectivity index (χ1v) is 16.0. The number of benzene rings is 2. The molecule has 47 heavy (non-hydrogen) atoms. The summed E-state index contributed by atoms with van der Waals surface area (Å²) < 4.78 is 48.9. The molecule has 3 aromatic rings. The van der Waals surface area contributed by atoms with Gasteiger partial charge in [0.05, 0.1) is 41.4 Å². The smallest absolute Gasteiger partial charge is 0.469 e. The number of alkyl halides is 3. The zero-order chi connectivity index (χ0) is 34.2. The Balaban J connectivity index is 1.52. The fraction of sp³-hybridized carbons (Fsp3) is 0.455. The van der Waals surface area contributed by atoms with Crippen molar-refractivity contribution in [3.63, 3.8) is 0 Å². The Morgan fingerprint density at radius 3 is 2.30 bits per heavy atom. The molecule has 2 aliphatic rings. The summed E-state index contributed by atoms with van der Waals surface area (Å²) in [5.41, 5.74) is 1.79. The molecule has 1 saturated carbocycles. The van der Waals surface area contributed by atoms with Crippen molar-refractivity contribution in [2.45, 2.75) is 77.0 Å². The zero-order valence-corrected chi connectivity index (χ0v) is 27.8. The van der Waals surface area contributed by atoms with E-state index >= 15 is 0 Å². The topological polar surface area (TPSA) is 94.0 Å². The average Bonchev–Trinajstić information content (AvgIpc) is 3.04. The van der Waals surface area contributed by atoms with Crippen molar-refractivity contribution in [3.05, 3.63) is 85.2 Å². The van der Waals surface area contributed by atoms with Crippen LogP contribution in [0.25, 0.3) is 0 Å². The van der Waals surface area contributed by atoms with Gasteiger partial charge in [0.25, 0.3) is 11.5 Å². The van der Waals surface area contributed by atoms with Gasteiger partial charge in [-0.1, -0.05) is 35.3 Å². The summed E-state index contributed by atoms with van der Waals surface area (Å²) in [6.45, 7) is 3.81. The van der Waals surface area contributed by atoms with Gasteiger partial charge in [-0.15, -0.1) is 13.2 Å². The molecule has 252 valence electrons. The predicted octanol–water partition coefficient (Wildman–Crippen LogP) is 7.14. The highest BCUT2D eigenvalue weighted by Gasteiger charge is 2.36. The van der Waals surface area contributed by atoms with Crippen LogP contribution >= 0.6 is 23.2 Å². The Kier molecular flexibility index (Phi) is 10.1. The van der Waals surface area contributed by atoms with Crippen molar-refractivity contribution in [3.8, 4) is 5.75 Å². The number of rotatable bonds is 7. The van der Waals surface area contributed by atoms with Crippen LogP contribution in [0.2, 0.25) is 10.0 Å². The number of carbonyl (C=O) groups excluding carboxylic acids is 2. The van der Waals surface area contributed by atoms with Crippen LogP contribution in [0.4, 0.5) is 19.1 Å². The Bertz CT molecular complexity index is 1710. The summed E-state index contributed by atoms with van der Waals surface area (Å²) in [5, 5.41) is 0.578. The monoisotopic (exact) mass is 694 g/mol. The molecule has 0 radical (unpaired) electrons. The van der Waals surface area contributed by atoms with Crippen LogP contribution in [0.3, 0.4) is 0 Å². The Labute approximate surface area is 280 Å². The average molecular weight is 696 g/mol. The van der Waals surface area contributed by atoms with E-state index in [2.05, 4.69) is 4.74 Å². The number of hydrogen-bond acceptors (Lipinski definition) is 7. The molecule has 0 N–H and O–H groups in total. The van der Waals surface area contributed by atoms with Gasteiger partial charge in [-0.3, -0.25) is 19.0 Å². The summed E-state index contributed by atoms with van der Waals surface area (Å²) >= 11 is 12.2. The van der Waals surface area contributed by atoms with E-state index in [1.165, 1.54) is 37.4 Å². The summed E-state index contributed by atoms with van der Waals surface area (Å²) in [5.74, 6) is -0.795. The van der Waals surface area contributed by atoms with Gasteiger partial charge in [-0.2, -0.15) is 0 Å². The van der Waals surface area contributed by atoms with E-state index in [9.17, 15) is 27.6 Å². The standard InChI is InChI=1S/C33H35Cl2F3N4O5/c1-18-15-25-28(17-41(18)29(43)22-9-14-26(34)27(35)16-22)39-32(42(30(25)44)23-10-5-21(6-11-23)31(45)46-4)40(3)19(2)20-7-12-24(13-8-20)47-33(36,37)38/h7-9,12-14,16,18-19,21,23H,5-6,10-11,15,17H2,1-4H3/t18-,19+,21-,23-/m1/s1. The van der Waals surface area contributed by atoms with Crippen LogP contribution in [-0.4, -0.2) is 52.9 Å². The first kappa shape index (κ1) is 34.6. The molecular weight excluding hydrogens is 660 g/mol. The molecule has 0 saturated heterocycles. The number of fused-ring (bicyclic) bond motifs is 1. The molecule has 2 heterocycles. The number of nitrogens with zero attached hydrogens (tertiary/aromatic N) is 4. The Morgan fingerprint density at radius 2 is 1.70 bits per heavy atom. The van der Waals surface area contributed by atoms with Crippen LogP contribution in [0.1, 0.15) is 78.8 Å². The molecule has 1 fully saturated rings. The van der Waals surface area contributed by atoms with Crippen LogP contribution in [0.5, 0.6) is 5.75 Å². The van der Waals surface area contributed by atoms with E-state index in [-0.39, 0.29) is 59.2 Å². The number of carbonyl (C=O) groups is 2.